The normalized spacial score (nSPS) is 17.0. The van der Waals surface area contributed by atoms with Crippen molar-refractivity contribution in [2.75, 3.05) is 13.1 Å². The summed E-state index contributed by atoms with van der Waals surface area (Å²) < 4.78 is 7.18. The molecule has 138 valence electrons. The summed E-state index contributed by atoms with van der Waals surface area (Å²) in [7, 11) is 0. The van der Waals surface area contributed by atoms with Crippen molar-refractivity contribution in [3.8, 4) is 5.88 Å². The molecular formula is C19H19N5O3. The van der Waals surface area contributed by atoms with Crippen molar-refractivity contribution in [2.24, 2.45) is 0 Å². The van der Waals surface area contributed by atoms with Gasteiger partial charge in [0.25, 0.3) is 5.56 Å². The minimum atomic E-state index is -0.210. The fourth-order valence-corrected chi connectivity index (χ4v) is 3.24. The lowest BCUT2D eigenvalue weighted by Gasteiger charge is -2.32. The van der Waals surface area contributed by atoms with E-state index in [0.29, 0.717) is 29.9 Å². The molecule has 8 nitrogen and oxygen atoms in total. The van der Waals surface area contributed by atoms with Gasteiger partial charge in [-0.2, -0.15) is 0 Å². The van der Waals surface area contributed by atoms with Crippen molar-refractivity contribution >= 4 is 16.8 Å². The topological polar surface area (TPSA) is 90.2 Å². The first kappa shape index (κ1) is 17.1. The number of fused-ring (bicyclic) bond motifs is 1. The minimum Gasteiger partial charge on any atom is -0.471 e. The van der Waals surface area contributed by atoms with Crippen LogP contribution < -0.4 is 10.3 Å². The Morgan fingerprint density at radius 3 is 2.96 bits per heavy atom. The molecule has 4 rings (SSSR count). The molecule has 0 unspecified atom stereocenters. The Hall–Kier alpha value is -3.29. The van der Waals surface area contributed by atoms with Gasteiger partial charge in [0.15, 0.2) is 0 Å². The van der Waals surface area contributed by atoms with Crippen LogP contribution in [0.3, 0.4) is 0 Å². The average molecular weight is 365 g/mol. The third-order valence-corrected chi connectivity index (χ3v) is 4.59. The van der Waals surface area contributed by atoms with Gasteiger partial charge in [-0.3, -0.25) is 19.1 Å². The molecular weight excluding hydrogens is 346 g/mol. The van der Waals surface area contributed by atoms with Crippen LogP contribution in [0.15, 0.2) is 54.0 Å². The van der Waals surface area contributed by atoms with Gasteiger partial charge < -0.3 is 9.64 Å². The van der Waals surface area contributed by atoms with Gasteiger partial charge in [0.05, 0.1) is 30.0 Å². The highest BCUT2D eigenvalue weighted by Gasteiger charge is 2.25. The number of hydrogen-bond acceptors (Lipinski definition) is 6. The van der Waals surface area contributed by atoms with Gasteiger partial charge in [-0.15, -0.1) is 0 Å². The standard InChI is InChI=1S/C19H19N5O3/c25-18(12-24-13-22-16-6-2-1-5-15(16)19(24)26)23-9-3-4-14(11-23)27-17-10-20-7-8-21-17/h1-2,5-8,10,13-14H,3-4,9,11-12H2/t14-/m1/s1. The van der Waals surface area contributed by atoms with Crippen molar-refractivity contribution < 1.29 is 9.53 Å². The molecule has 0 bridgehead atoms. The summed E-state index contributed by atoms with van der Waals surface area (Å²) in [5.74, 6) is 0.327. The van der Waals surface area contributed by atoms with Gasteiger partial charge in [0, 0.05) is 18.9 Å². The summed E-state index contributed by atoms with van der Waals surface area (Å²) in [6.45, 7) is 1.08. The molecule has 1 fully saturated rings. The number of rotatable bonds is 4. The van der Waals surface area contributed by atoms with Crippen molar-refractivity contribution in [3.05, 3.63) is 59.5 Å². The fraction of sp³-hybridized carbons (Fsp3) is 0.316. The Balaban J connectivity index is 1.45. The number of carbonyl (C=O) groups excluding carboxylic acids is 1. The molecule has 1 amide bonds. The third kappa shape index (κ3) is 3.79. The van der Waals surface area contributed by atoms with E-state index >= 15 is 0 Å². The molecule has 1 aromatic carbocycles. The number of amides is 1. The molecule has 2 aromatic heterocycles. The Morgan fingerprint density at radius 2 is 2.11 bits per heavy atom. The lowest BCUT2D eigenvalue weighted by atomic mass is 10.1. The Bertz CT molecular complexity index is 1000. The summed E-state index contributed by atoms with van der Waals surface area (Å²) in [6, 6.07) is 7.12. The molecule has 27 heavy (non-hydrogen) atoms. The predicted octanol–water partition coefficient (Wildman–Crippen LogP) is 1.26. The van der Waals surface area contributed by atoms with E-state index in [-0.39, 0.29) is 24.1 Å². The second kappa shape index (κ2) is 7.53. The number of para-hydroxylation sites is 1. The fourth-order valence-electron chi connectivity index (χ4n) is 3.24. The van der Waals surface area contributed by atoms with Gasteiger partial charge in [-0.1, -0.05) is 12.1 Å². The van der Waals surface area contributed by atoms with Crippen LogP contribution in [0.1, 0.15) is 12.8 Å². The maximum Gasteiger partial charge on any atom is 0.261 e. The number of nitrogens with zero attached hydrogens (tertiary/aromatic N) is 5. The quantitative estimate of drug-likeness (QED) is 0.691. The molecule has 0 aliphatic carbocycles. The van der Waals surface area contributed by atoms with Crippen molar-refractivity contribution in [2.45, 2.75) is 25.5 Å². The average Bonchev–Trinajstić information content (AvgIpc) is 2.71. The van der Waals surface area contributed by atoms with E-state index in [9.17, 15) is 9.59 Å². The van der Waals surface area contributed by atoms with E-state index in [0.717, 1.165) is 12.8 Å². The van der Waals surface area contributed by atoms with E-state index in [1.165, 1.54) is 10.9 Å². The second-order valence-electron chi connectivity index (χ2n) is 6.46. The van der Waals surface area contributed by atoms with E-state index in [1.807, 2.05) is 6.07 Å². The summed E-state index contributed by atoms with van der Waals surface area (Å²) in [5.41, 5.74) is 0.417. The lowest BCUT2D eigenvalue weighted by Crippen LogP contribution is -2.46. The van der Waals surface area contributed by atoms with Crippen LogP contribution in [0.2, 0.25) is 0 Å². The summed E-state index contributed by atoms with van der Waals surface area (Å²) in [5, 5.41) is 0.510. The number of aromatic nitrogens is 4. The second-order valence-corrected chi connectivity index (χ2v) is 6.46. The number of ether oxygens (including phenoxy) is 1. The number of likely N-dealkylation sites (tertiary alicyclic amines) is 1. The van der Waals surface area contributed by atoms with Crippen LogP contribution in [0, 0.1) is 0 Å². The van der Waals surface area contributed by atoms with Crippen LogP contribution in [0.25, 0.3) is 10.9 Å². The summed E-state index contributed by atoms with van der Waals surface area (Å²) >= 11 is 0. The molecule has 8 heteroatoms. The maximum atomic E-state index is 12.7. The van der Waals surface area contributed by atoms with Crippen LogP contribution in [-0.2, 0) is 11.3 Å². The van der Waals surface area contributed by atoms with Gasteiger partial charge in [-0.25, -0.2) is 9.97 Å². The molecule has 3 aromatic rings. The minimum absolute atomic E-state index is 0.0332. The predicted molar refractivity (Wildman–Crippen MR) is 98.3 cm³/mol. The van der Waals surface area contributed by atoms with Gasteiger partial charge in [-0.05, 0) is 25.0 Å². The largest absolute Gasteiger partial charge is 0.471 e. The molecule has 0 spiro atoms. The van der Waals surface area contributed by atoms with E-state index in [1.54, 1.807) is 41.7 Å². The molecule has 1 aliphatic rings. The smallest absolute Gasteiger partial charge is 0.261 e. The van der Waals surface area contributed by atoms with E-state index in [4.69, 9.17) is 4.74 Å². The summed E-state index contributed by atoms with van der Waals surface area (Å²) in [4.78, 5) is 39.4. The Kier molecular flexibility index (Phi) is 4.78. The highest BCUT2D eigenvalue weighted by molar-refractivity contribution is 5.79. The summed E-state index contributed by atoms with van der Waals surface area (Å²) in [6.07, 6.45) is 7.69. The molecule has 1 atom stereocenters. The molecule has 1 aliphatic heterocycles. The first-order valence-corrected chi connectivity index (χ1v) is 8.85. The monoisotopic (exact) mass is 365 g/mol. The van der Waals surface area contributed by atoms with E-state index < -0.39 is 0 Å². The number of piperidine rings is 1. The lowest BCUT2D eigenvalue weighted by molar-refractivity contribution is -0.134. The van der Waals surface area contributed by atoms with Crippen molar-refractivity contribution in [1.82, 2.24) is 24.4 Å². The number of carbonyl (C=O) groups is 1. The zero-order valence-corrected chi connectivity index (χ0v) is 14.7. The maximum absolute atomic E-state index is 12.7. The Morgan fingerprint density at radius 1 is 1.22 bits per heavy atom. The highest BCUT2D eigenvalue weighted by atomic mass is 16.5. The van der Waals surface area contributed by atoms with Gasteiger partial charge in [0.2, 0.25) is 11.8 Å². The molecule has 0 saturated carbocycles. The third-order valence-electron chi connectivity index (χ3n) is 4.59. The van der Waals surface area contributed by atoms with E-state index in [2.05, 4.69) is 15.0 Å². The zero-order chi connectivity index (χ0) is 18.6. The highest BCUT2D eigenvalue weighted by Crippen LogP contribution is 2.16. The number of benzene rings is 1. The van der Waals surface area contributed by atoms with Gasteiger partial charge >= 0.3 is 0 Å². The van der Waals surface area contributed by atoms with Crippen LogP contribution in [-0.4, -0.2) is 49.5 Å². The van der Waals surface area contributed by atoms with Crippen molar-refractivity contribution in [3.63, 3.8) is 0 Å². The Labute approximate surface area is 155 Å². The molecule has 1 saturated heterocycles. The van der Waals surface area contributed by atoms with Crippen LogP contribution >= 0.6 is 0 Å². The van der Waals surface area contributed by atoms with Crippen molar-refractivity contribution in [1.29, 1.82) is 0 Å². The molecule has 0 radical (unpaired) electrons. The van der Waals surface area contributed by atoms with Gasteiger partial charge in [0.1, 0.15) is 12.6 Å². The number of hydrogen-bond donors (Lipinski definition) is 0. The zero-order valence-electron chi connectivity index (χ0n) is 14.7. The molecule has 3 heterocycles. The SMILES string of the molecule is O=C(Cn1cnc2ccccc2c1=O)N1CCC[C@@H](Oc2cnccn2)C1. The van der Waals surface area contributed by atoms with Crippen LogP contribution in [0.5, 0.6) is 5.88 Å². The first-order chi connectivity index (χ1) is 13.2. The molecule has 0 N–H and O–H groups in total. The van der Waals surface area contributed by atoms with Crippen LogP contribution in [0.4, 0.5) is 0 Å². The first-order valence-electron chi connectivity index (χ1n) is 8.85.